The molecule has 3 rings (SSSR count). The molecular formula is C27H30BrN3O4S. The Morgan fingerprint density at radius 2 is 1.64 bits per heavy atom. The van der Waals surface area contributed by atoms with Crippen molar-refractivity contribution in [3.05, 3.63) is 94.5 Å². The quantitative estimate of drug-likeness (QED) is 0.388. The fraction of sp³-hybridized carbons (Fsp3) is 0.259. The predicted octanol–water partition coefficient (Wildman–Crippen LogP) is 4.51. The van der Waals surface area contributed by atoms with Crippen LogP contribution in [0.2, 0.25) is 0 Å². The summed E-state index contributed by atoms with van der Waals surface area (Å²) in [5.41, 5.74) is 2.14. The largest absolute Gasteiger partial charge is 0.355 e. The molecule has 36 heavy (non-hydrogen) atoms. The van der Waals surface area contributed by atoms with Crippen molar-refractivity contribution >= 4 is 43.5 Å². The molecule has 3 aromatic carbocycles. The van der Waals surface area contributed by atoms with Gasteiger partial charge < -0.3 is 10.2 Å². The lowest BCUT2D eigenvalue weighted by atomic mass is 10.1. The minimum Gasteiger partial charge on any atom is -0.355 e. The van der Waals surface area contributed by atoms with Gasteiger partial charge in [0.05, 0.1) is 10.6 Å². The van der Waals surface area contributed by atoms with Gasteiger partial charge in [0, 0.05) is 17.6 Å². The van der Waals surface area contributed by atoms with Crippen LogP contribution in [0.5, 0.6) is 0 Å². The summed E-state index contributed by atoms with van der Waals surface area (Å²) < 4.78 is 29.2. The molecule has 9 heteroatoms. The Morgan fingerprint density at radius 1 is 0.972 bits per heavy atom. The maximum absolute atomic E-state index is 13.7. The summed E-state index contributed by atoms with van der Waals surface area (Å²) in [6.07, 6.45) is 0. The first-order valence-electron chi connectivity index (χ1n) is 11.6. The average Bonchev–Trinajstić information content (AvgIpc) is 2.86. The Labute approximate surface area is 221 Å². The number of nitrogens with one attached hydrogen (secondary N) is 1. The Kier molecular flexibility index (Phi) is 9.28. The molecule has 0 heterocycles. The second kappa shape index (κ2) is 12.2. The lowest BCUT2D eigenvalue weighted by Gasteiger charge is -2.32. The third kappa shape index (κ3) is 6.73. The van der Waals surface area contributed by atoms with E-state index in [4.69, 9.17) is 0 Å². The van der Waals surface area contributed by atoms with Crippen LogP contribution in [0.3, 0.4) is 0 Å². The van der Waals surface area contributed by atoms with Crippen LogP contribution in [0.25, 0.3) is 0 Å². The van der Waals surface area contributed by atoms with Crippen LogP contribution in [-0.4, -0.2) is 44.3 Å². The molecule has 190 valence electrons. The number of halogens is 1. The lowest BCUT2D eigenvalue weighted by molar-refractivity contribution is -0.139. The maximum atomic E-state index is 13.7. The fourth-order valence-electron chi connectivity index (χ4n) is 3.70. The van der Waals surface area contributed by atoms with Crippen molar-refractivity contribution in [1.82, 2.24) is 10.2 Å². The molecule has 3 aromatic rings. The van der Waals surface area contributed by atoms with Crippen molar-refractivity contribution < 1.29 is 18.0 Å². The summed E-state index contributed by atoms with van der Waals surface area (Å²) in [7, 11) is -4.05. The van der Waals surface area contributed by atoms with Gasteiger partial charge in [-0.25, -0.2) is 8.42 Å². The Bertz CT molecular complexity index is 1300. The number of anilines is 1. The van der Waals surface area contributed by atoms with Gasteiger partial charge in [0.25, 0.3) is 10.0 Å². The minimum atomic E-state index is -4.05. The van der Waals surface area contributed by atoms with Crippen molar-refractivity contribution in [3.63, 3.8) is 0 Å². The number of hydrogen-bond acceptors (Lipinski definition) is 4. The first-order chi connectivity index (χ1) is 17.1. The fourth-order valence-corrected chi connectivity index (χ4v) is 5.58. The molecule has 0 saturated carbocycles. The summed E-state index contributed by atoms with van der Waals surface area (Å²) in [4.78, 5) is 27.9. The number of likely N-dealkylation sites (N-methyl/N-ethyl adjacent to an activating group) is 1. The molecule has 0 fully saturated rings. The summed E-state index contributed by atoms with van der Waals surface area (Å²) in [5.74, 6) is -0.803. The molecule has 7 nitrogen and oxygen atoms in total. The second-order valence-corrected chi connectivity index (χ2v) is 11.2. The third-order valence-electron chi connectivity index (χ3n) is 5.69. The monoisotopic (exact) mass is 571 g/mol. The number of hydrogen-bond donors (Lipinski definition) is 1. The number of aryl methyl sites for hydroxylation is 1. The number of rotatable bonds is 10. The van der Waals surface area contributed by atoms with E-state index in [1.807, 2.05) is 31.2 Å². The first-order valence-corrected chi connectivity index (χ1v) is 13.8. The zero-order chi connectivity index (χ0) is 26.3. The van der Waals surface area contributed by atoms with Gasteiger partial charge in [-0.1, -0.05) is 64.0 Å². The van der Waals surface area contributed by atoms with Gasteiger partial charge in [-0.3, -0.25) is 13.9 Å². The predicted molar refractivity (Wildman–Crippen MR) is 145 cm³/mol. The summed E-state index contributed by atoms with van der Waals surface area (Å²) >= 11 is 3.44. The van der Waals surface area contributed by atoms with Gasteiger partial charge in [0.15, 0.2) is 0 Å². The highest BCUT2D eigenvalue weighted by atomic mass is 79.9. The van der Waals surface area contributed by atoms with Gasteiger partial charge in [0.2, 0.25) is 11.8 Å². The molecule has 0 aliphatic rings. The number of nitrogens with zero attached hydrogens (tertiary/aromatic N) is 2. The van der Waals surface area contributed by atoms with Crippen LogP contribution in [0.15, 0.2) is 88.2 Å². The number of sulfonamides is 1. The Morgan fingerprint density at radius 3 is 2.25 bits per heavy atom. The second-order valence-electron chi connectivity index (χ2n) is 8.38. The zero-order valence-electron chi connectivity index (χ0n) is 20.5. The van der Waals surface area contributed by atoms with Gasteiger partial charge in [-0.2, -0.15) is 0 Å². The number of amides is 2. The van der Waals surface area contributed by atoms with E-state index in [-0.39, 0.29) is 17.3 Å². The molecule has 0 aromatic heterocycles. The summed E-state index contributed by atoms with van der Waals surface area (Å²) in [6, 6.07) is 21.6. The maximum Gasteiger partial charge on any atom is 0.264 e. The smallest absolute Gasteiger partial charge is 0.264 e. The SMILES string of the molecule is CCNC(=O)[C@H](C)N(Cc1cccc(Br)c1)C(=O)CN(c1ccc(C)cc1)S(=O)(=O)c1ccccc1. The highest BCUT2D eigenvalue weighted by molar-refractivity contribution is 9.10. The van der Waals surface area contributed by atoms with E-state index in [1.165, 1.54) is 17.0 Å². The molecule has 0 bridgehead atoms. The van der Waals surface area contributed by atoms with E-state index in [0.29, 0.717) is 12.2 Å². The van der Waals surface area contributed by atoms with E-state index in [0.717, 1.165) is 19.9 Å². The van der Waals surface area contributed by atoms with Gasteiger partial charge in [-0.15, -0.1) is 0 Å². The average molecular weight is 573 g/mol. The highest BCUT2D eigenvalue weighted by Crippen LogP contribution is 2.25. The number of carbonyl (C=O) groups is 2. The van der Waals surface area contributed by atoms with Crippen molar-refractivity contribution in [2.24, 2.45) is 0 Å². The van der Waals surface area contributed by atoms with Crippen molar-refractivity contribution in [2.45, 2.75) is 38.3 Å². The summed E-state index contributed by atoms with van der Waals surface area (Å²) in [5, 5.41) is 2.75. The molecule has 0 saturated heterocycles. The third-order valence-corrected chi connectivity index (χ3v) is 7.97. The van der Waals surface area contributed by atoms with E-state index in [9.17, 15) is 18.0 Å². The normalized spacial score (nSPS) is 12.0. The van der Waals surface area contributed by atoms with Crippen LogP contribution in [-0.2, 0) is 26.2 Å². The molecule has 1 atom stereocenters. The van der Waals surface area contributed by atoms with E-state index >= 15 is 0 Å². The first kappa shape index (κ1) is 27.4. The lowest BCUT2D eigenvalue weighted by Crippen LogP contribution is -2.51. The van der Waals surface area contributed by atoms with Gasteiger partial charge in [-0.05, 0) is 62.7 Å². The van der Waals surface area contributed by atoms with Crippen molar-refractivity contribution in [1.29, 1.82) is 0 Å². The molecule has 0 spiro atoms. The molecule has 1 N–H and O–H groups in total. The Balaban J connectivity index is 2.01. The van der Waals surface area contributed by atoms with Crippen molar-refractivity contribution in [3.8, 4) is 0 Å². The molecular weight excluding hydrogens is 542 g/mol. The van der Waals surface area contributed by atoms with Crippen LogP contribution in [0.4, 0.5) is 5.69 Å². The van der Waals surface area contributed by atoms with Crippen LogP contribution in [0, 0.1) is 6.92 Å². The molecule has 0 aliphatic carbocycles. The Hall–Kier alpha value is -3.17. The van der Waals surface area contributed by atoms with E-state index in [2.05, 4.69) is 21.2 Å². The molecule has 0 radical (unpaired) electrons. The molecule has 2 amide bonds. The van der Waals surface area contributed by atoms with Crippen LogP contribution >= 0.6 is 15.9 Å². The minimum absolute atomic E-state index is 0.0775. The van der Waals surface area contributed by atoms with Gasteiger partial charge in [0.1, 0.15) is 12.6 Å². The zero-order valence-corrected chi connectivity index (χ0v) is 22.9. The van der Waals surface area contributed by atoms with Crippen LogP contribution < -0.4 is 9.62 Å². The standard InChI is InChI=1S/C27H30BrN3O4S/c1-4-29-27(33)21(3)30(18-22-9-8-10-23(28)17-22)26(32)19-31(24-15-13-20(2)14-16-24)36(34,35)25-11-6-5-7-12-25/h5-17,21H,4,18-19H2,1-3H3,(H,29,33)/t21-/m0/s1. The van der Waals surface area contributed by atoms with Crippen molar-refractivity contribution in [2.75, 3.05) is 17.4 Å². The number of carbonyl (C=O) groups excluding carboxylic acids is 2. The van der Waals surface area contributed by atoms with Crippen LogP contribution in [0.1, 0.15) is 25.0 Å². The van der Waals surface area contributed by atoms with E-state index < -0.39 is 28.5 Å². The topological polar surface area (TPSA) is 86.8 Å². The highest BCUT2D eigenvalue weighted by Gasteiger charge is 2.32. The molecule has 0 aliphatic heterocycles. The van der Waals surface area contributed by atoms with Gasteiger partial charge >= 0.3 is 0 Å². The number of benzene rings is 3. The summed E-state index contributed by atoms with van der Waals surface area (Å²) in [6.45, 7) is 5.44. The van der Waals surface area contributed by atoms with E-state index in [1.54, 1.807) is 56.3 Å². The molecule has 0 unspecified atom stereocenters.